The highest BCUT2D eigenvalue weighted by Gasteiger charge is 2.23. The lowest BCUT2D eigenvalue weighted by Crippen LogP contribution is -2.36. The van der Waals surface area contributed by atoms with Crippen LogP contribution in [-0.2, 0) is 0 Å². The number of hydrogen-bond acceptors (Lipinski definition) is 3. The maximum Gasteiger partial charge on any atom is 0.251 e. The molecular formula is C14H21ClN2O2. The molecular weight excluding hydrogens is 264 g/mol. The van der Waals surface area contributed by atoms with Crippen LogP contribution in [0.25, 0.3) is 0 Å². The van der Waals surface area contributed by atoms with E-state index in [1.54, 1.807) is 24.3 Å². The van der Waals surface area contributed by atoms with Gasteiger partial charge in [0.05, 0.1) is 6.10 Å². The number of nitrogen functional groups attached to an aromatic ring is 1. The summed E-state index contributed by atoms with van der Waals surface area (Å²) in [7, 11) is 0. The predicted octanol–water partition coefficient (Wildman–Crippen LogP) is 1.97. The lowest BCUT2D eigenvalue weighted by atomic mass is 9.86. The van der Waals surface area contributed by atoms with E-state index in [-0.39, 0.29) is 30.3 Å². The minimum Gasteiger partial charge on any atom is -0.399 e. The normalized spacial score (nSPS) is 22.4. The molecule has 5 heteroatoms. The van der Waals surface area contributed by atoms with Crippen molar-refractivity contribution in [3.63, 3.8) is 0 Å². The zero-order valence-corrected chi connectivity index (χ0v) is 11.7. The maximum atomic E-state index is 11.9. The Morgan fingerprint density at radius 1 is 1.37 bits per heavy atom. The highest BCUT2D eigenvalue weighted by molar-refractivity contribution is 5.94. The molecule has 19 heavy (non-hydrogen) atoms. The van der Waals surface area contributed by atoms with Crippen LogP contribution >= 0.6 is 12.4 Å². The zero-order chi connectivity index (χ0) is 13.0. The molecule has 0 spiro atoms. The number of benzene rings is 1. The second kappa shape index (κ2) is 7.36. The third-order valence-corrected chi connectivity index (χ3v) is 3.54. The van der Waals surface area contributed by atoms with Crippen molar-refractivity contribution in [1.29, 1.82) is 0 Å². The molecule has 0 aromatic heterocycles. The summed E-state index contributed by atoms with van der Waals surface area (Å²) >= 11 is 0. The van der Waals surface area contributed by atoms with E-state index in [1.807, 2.05) is 0 Å². The topological polar surface area (TPSA) is 75.4 Å². The summed E-state index contributed by atoms with van der Waals surface area (Å²) in [6, 6.07) is 6.91. The highest BCUT2D eigenvalue weighted by Crippen LogP contribution is 2.23. The van der Waals surface area contributed by atoms with Gasteiger partial charge in [-0.3, -0.25) is 4.79 Å². The van der Waals surface area contributed by atoms with E-state index < -0.39 is 0 Å². The molecule has 1 saturated carbocycles. The molecule has 4 N–H and O–H groups in total. The van der Waals surface area contributed by atoms with Gasteiger partial charge in [-0.25, -0.2) is 0 Å². The van der Waals surface area contributed by atoms with Crippen LogP contribution in [0.5, 0.6) is 0 Å². The molecule has 1 aliphatic carbocycles. The second-order valence-electron chi connectivity index (χ2n) is 4.95. The fraction of sp³-hybridized carbons (Fsp3) is 0.500. The number of hydrogen-bond donors (Lipinski definition) is 3. The Labute approximate surface area is 119 Å². The summed E-state index contributed by atoms with van der Waals surface area (Å²) in [6.45, 7) is 0.537. The maximum absolute atomic E-state index is 11.9. The summed E-state index contributed by atoms with van der Waals surface area (Å²) in [4.78, 5) is 11.9. The van der Waals surface area contributed by atoms with E-state index in [9.17, 15) is 9.90 Å². The lowest BCUT2D eigenvalue weighted by molar-refractivity contribution is 0.0663. The van der Waals surface area contributed by atoms with Gasteiger partial charge in [0.2, 0.25) is 0 Å². The molecule has 4 nitrogen and oxygen atoms in total. The number of carbonyl (C=O) groups is 1. The van der Waals surface area contributed by atoms with E-state index in [1.165, 1.54) is 0 Å². The molecule has 2 atom stereocenters. The smallest absolute Gasteiger partial charge is 0.251 e. The van der Waals surface area contributed by atoms with Gasteiger partial charge in [0.25, 0.3) is 5.91 Å². The molecule has 1 aromatic rings. The van der Waals surface area contributed by atoms with Gasteiger partial charge < -0.3 is 16.2 Å². The molecule has 0 aliphatic heterocycles. The Morgan fingerprint density at radius 2 is 2.11 bits per heavy atom. The Bertz CT molecular complexity index is 426. The first kappa shape index (κ1) is 15.8. The molecule has 1 aliphatic rings. The van der Waals surface area contributed by atoms with Crippen molar-refractivity contribution < 1.29 is 9.90 Å². The van der Waals surface area contributed by atoms with Crippen LogP contribution in [0, 0.1) is 5.92 Å². The van der Waals surface area contributed by atoms with Crippen LogP contribution in [0.2, 0.25) is 0 Å². The zero-order valence-electron chi connectivity index (χ0n) is 10.8. The first-order valence-corrected chi connectivity index (χ1v) is 6.48. The number of aliphatic hydroxyl groups excluding tert-OH is 1. The first-order chi connectivity index (χ1) is 8.66. The van der Waals surface area contributed by atoms with Crippen LogP contribution in [0.3, 0.4) is 0 Å². The van der Waals surface area contributed by atoms with Gasteiger partial charge >= 0.3 is 0 Å². The lowest BCUT2D eigenvalue weighted by Gasteiger charge is -2.27. The van der Waals surface area contributed by atoms with Crippen LogP contribution < -0.4 is 11.1 Å². The summed E-state index contributed by atoms with van der Waals surface area (Å²) < 4.78 is 0. The first-order valence-electron chi connectivity index (χ1n) is 6.48. The minimum atomic E-state index is -0.278. The fourth-order valence-electron chi connectivity index (χ4n) is 2.43. The van der Waals surface area contributed by atoms with Gasteiger partial charge in [-0.1, -0.05) is 18.9 Å². The van der Waals surface area contributed by atoms with Crippen molar-refractivity contribution >= 4 is 24.0 Å². The molecule has 0 saturated heterocycles. The molecule has 0 bridgehead atoms. The molecule has 2 unspecified atom stereocenters. The number of nitrogens with two attached hydrogens (primary N) is 1. The predicted molar refractivity (Wildman–Crippen MR) is 78.4 cm³/mol. The van der Waals surface area contributed by atoms with Gasteiger partial charge in [-0.05, 0) is 31.0 Å². The summed E-state index contributed by atoms with van der Waals surface area (Å²) in [5, 5.41) is 12.7. The van der Waals surface area contributed by atoms with Crippen LogP contribution in [0.15, 0.2) is 24.3 Å². The molecule has 2 rings (SSSR count). The van der Waals surface area contributed by atoms with E-state index in [0.717, 1.165) is 25.7 Å². The number of halogens is 1. The van der Waals surface area contributed by atoms with Crippen molar-refractivity contribution in [1.82, 2.24) is 5.32 Å². The SMILES string of the molecule is Cl.Nc1cccc(C(=O)NCC2CCCCC2O)c1. The molecule has 0 heterocycles. The minimum absolute atomic E-state index is 0. The van der Waals surface area contributed by atoms with Crippen molar-refractivity contribution in [2.45, 2.75) is 31.8 Å². The summed E-state index contributed by atoms with van der Waals surface area (Å²) in [5.74, 6) is 0.0591. The van der Waals surface area contributed by atoms with Gasteiger partial charge in [0, 0.05) is 23.7 Å². The fourth-order valence-corrected chi connectivity index (χ4v) is 2.43. The molecule has 1 fully saturated rings. The van der Waals surface area contributed by atoms with Crippen molar-refractivity contribution in [3.8, 4) is 0 Å². The van der Waals surface area contributed by atoms with Crippen molar-refractivity contribution in [2.75, 3.05) is 12.3 Å². The van der Waals surface area contributed by atoms with E-state index >= 15 is 0 Å². The number of carbonyl (C=O) groups excluding carboxylic acids is 1. The molecule has 0 radical (unpaired) electrons. The number of amides is 1. The largest absolute Gasteiger partial charge is 0.399 e. The third kappa shape index (κ3) is 4.40. The van der Waals surface area contributed by atoms with Gasteiger partial charge in [0.15, 0.2) is 0 Å². The van der Waals surface area contributed by atoms with Gasteiger partial charge in [-0.15, -0.1) is 12.4 Å². The average Bonchev–Trinajstić information content (AvgIpc) is 2.37. The number of rotatable bonds is 3. The van der Waals surface area contributed by atoms with Gasteiger partial charge in [-0.2, -0.15) is 0 Å². The van der Waals surface area contributed by atoms with Crippen LogP contribution in [-0.4, -0.2) is 23.7 Å². The number of aliphatic hydroxyl groups is 1. The monoisotopic (exact) mass is 284 g/mol. The Hall–Kier alpha value is -1.26. The van der Waals surface area contributed by atoms with Crippen LogP contribution in [0.4, 0.5) is 5.69 Å². The molecule has 106 valence electrons. The number of anilines is 1. The standard InChI is InChI=1S/C14H20N2O2.ClH/c15-12-6-3-5-10(8-12)14(18)16-9-11-4-1-2-7-13(11)17;/h3,5-6,8,11,13,17H,1-2,4,7,9,15H2,(H,16,18);1H. The summed E-state index contributed by atoms with van der Waals surface area (Å²) in [6.07, 6.45) is 3.77. The summed E-state index contributed by atoms with van der Waals surface area (Å²) in [5.41, 5.74) is 6.79. The highest BCUT2D eigenvalue weighted by atomic mass is 35.5. The van der Waals surface area contributed by atoms with E-state index in [2.05, 4.69) is 5.32 Å². The Morgan fingerprint density at radius 3 is 2.79 bits per heavy atom. The van der Waals surface area contributed by atoms with Crippen molar-refractivity contribution in [3.05, 3.63) is 29.8 Å². The van der Waals surface area contributed by atoms with Crippen molar-refractivity contribution in [2.24, 2.45) is 5.92 Å². The van der Waals surface area contributed by atoms with Crippen LogP contribution in [0.1, 0.15) is 36.0 Å². The Kier molecular flexibility index (Phi) is 6.12. The van der Waals surface area contributed by atoms with E-state index in [0.29, 0.717) is 17.8 Å². The molecule has 1 aromatic carbocycles. The average molecular weight is 285 g/mol. The van der Waals surface area contributed by atoms with Gasteiger partial charge in [0.1, 0.15) is 0 Å². The Balaban J connectivity index is 0.00000180. The third-order valence-electron chi connectivity index (χ3n) is 3.54. The molecule has 1 amide bonds. The number of nitrogens with one attached hydrogen (secondary N) is 1. The second-order valence-corrected chi connectivity index (χ2v) is 4.95. The quantitative estimate of drug-likeness (QED) is 0.743. The van der Waals surface area contributed by atoms with E-state index in [4.69, 9.17) is 5.73 Å².